The van der Waals surface area contributed by atoms with Gasteiger partial charge in [0.15, 0.2) is 0 Å². The average molecular weight is 367 g/mol. The minimum Gasteiger partial charge on any atom is -0.497 e. The average Bonchev–Trinajstić information content (AvgIpc) is 2.82. The summed E-state index contributed by atoms with van der Waals surface area (Å²) in [4.78, 5) is 17.9. The number of nitrogens with two attached hydrogens (primary N) is 2. The molecular weight excluding hydrogens is 346 g/mol. The number of hydrogen-bond donors (Lipinski definition) is 2. The van der Waals surface area contributed by atoms with Crippen molar-refractivity contribution in [2.45, 2.75) is 32.1 Å². The van der Waals surface area contributed by atoms with Crippen LogP contribution in [0.25, 0.3) is 21.3 Å². The molecule has 5 nitrogen and oxygen atoms in total. The molecule has 0 bridgehead atoms. The fourth-order valence-electron chi connectivity index (χ4n) is 3.74. The van der Waals surface area contributed by atoms with Crippen LogP contribution in [0, 0.1) is 0 Å². The number of aromatic nitrogens is 1. The van der Waals surface area contributed by atoms with Gasteiger partial charge in [-0.25, -0.2) is 4.98 Å². The fraction of sp³-hybridized carbons (Fsp3) is 0.300. The highest BCUT2D eigenvalue weighted by molar-refractivity contribution is 7.21. The summed E-state index contributed by atoms with van der Waals surface area (Å²) in [5.41, 5.74) is 16.9. The third-order valence-electron chi connectivity index (χ3n) is 5.01. The van der Waals surface area contributed by atoms with Gasteiger partial charge in [-0.3, -0.25) is 4.79 Å². The van der Waals surface area contributed by atoms with Gasteiger partial charge in [-0.05, 0) is 54.5 Å². The van der Waals surface area contributed by atoms with E-state index in [4.69, 9.17) is 21.2 Å². The number of nitrogen functional groups attached to an aromatic ring is 1. The molecule has 6 heteroatoms. The zero-order valence-corrected chi connectivity index (χ0v) is 15.5. The first kappa shape index (κ1) is 16.8. The topological polar surface area (TPSA) is 91.2 Å². The number of rotatable bonds is 3. The van der Waals surface area contributed by atoms with Gasteiger partial charge in [0.25, 0.3) is 5.91 Å². The van der Waals surface area contributed by atoms with E-state index in [2.05, 4.69) is 0 Å². The van der Waals surface area contributed by atoms with Crippen molar-refractivity contribution in [1.29, 1.82) is 0 Å². The number of hydrogen-bond acceptors (Lipinski definition) is 5. The quantitative estimate of drug-likeness (QED) is 0.686. The summed E-state index contributed by atoms with van der Waals surface area (Å²) in [6.45, 7) is 0. The second-order valence-electron chi connectivity index (χ2n) is 6.59. The Bertz CT molecular complexity index is 993. The summed E-state index contributed by atoms with van der Waals surface area (Å²) in [5.74, 6) is 0.308. The van der Waals surface area contributed by atoms with Crippen LogP contribution in [0.5, 0.6) is 5.75 Å². The maximum Gasteiger partial charge on any atom is 0.260 e. The summed E-state index contributed by atoms with van der Waals surface area (Å²) in [6.07, 6.45) is 5.40. The van der Waals surface area contributed by atoms with Gasteiger partial charge in [0.1, 0.15) is 15.5 Å². The molecule has 0 saturated carbocycles. The van der Waals surface area contributed by atoms with Crippen LogP contribution in [-0.2, 0) is 12.8 Å². The summed E-state index contributed by atoms with van der Waals surface area (Å²) in [7, 11) is 1.65. The van der Waals surface area contributed by atoms with Gasteiger partial charge >= 0.3 is 0 Å². The molecular formula is C20H21N3O2S. The van der Waals surface area contributed by atoms with Crippen molar-refractivity contribution < 1.29 is 9.53 Å². The molecule has 1 amide bonds. The molecule has 0 saturated heterocycles. The molecule has 0 atom stereocenters. The number of pyridine rings is 1. The van der Waals surface area contributed by atoms with Crippen LogP contribution in [-0.4, -0.2) is 18.0 Å². The molecule has 0 spiro atoms. The van der Waals surface area contributed by atoms with E-state index in [-0.39, 0.29) is 0 Å². The van der Waals surface area contributed by atoms with Crippen LogP contribution >= 0.6 is 11.3 Å². The Balaban J connectivity index is 2.05. The summed E-state index contributed by atoms with van der Waals surface area (Å²) in [6, 6.07) is 7.98. The SMILES string of the molecule is COc1ccc(-c2c3c(nc4sc(C(N)=O)c(N)c24)CCCCC3)cc1. The first-order chi connectivity index (χ1) is 12.6. The lowest BCUT2D eigenvalue weighted by Crippen LogP contribution is -2.10. The Labute approximate surface area is 156 Å². The lowest BCUT2D eigenvalue weighted by Gasteiger charge is -2.15. The second-order valence-corrected chi connectivity index (χ2v) is 7.59. The Morgan fingerprint density at radius 2 is 1.88 bits per heavy atom. The summed E-state index contributed by atoms with van der Waals surface area (Å²) in [5, 5.41) is 0.856. The predicted octanol–water partition coefficient (Wildman–Crippen LogP) is 3.92. The van der Waals surface area contributed by atoms with E-state index in [9.17, 15) is 4.79 Å². The number of primary amides is 1. The Hall–Kier alpha value is -2.60. The van der Waals surface area contributed by atoms with Crippen LogP contribution in [0.2, 0.25) is 0 Å². The molecule has 1 aliphatic carbocycles. The van der Waals surface area contributed by atoms with Crippen LogP contribution in [0.4, 0.5) is 5.69 Å². The minimum atomic E-state index is -0.499. The van der Waals surface area contributed by atoms with Crippen molar-refractivity contribution in [2.75, 3.05) is 12.8 Å². The molecule has 2 aromatic heterocycles. The Morgan fingerprint density at radius 3 is 2.58 bits per heavy atom. The van der Waals surface area contributed by atoms with Gasteiger partial charge in [-0.15, -0.1) is 11.3 Å². The number of amides is 1. The van der Waals surface area contributed by atoms with Crippen molar-refractivity contribution in [3.8, 4) is 16.9 Å². The van der Waals surface area contributed by atoms with Gasteiger partial charge in [-0.2, -0.15) is 0 Å². The second kappa shape index (κ2) is 6.61. The largest absolute Gasteiger partial charge is 0.497 e. The minimum absolute atomic E-state index is 0.391. The molecule has 0 aliphatic heterocycles. The molecule has 4 rings (SSSR count). The monoisotopic (exact) mass is 367 g/mol. The first-order valence-electron chi connectivity index (χ1n) is 8.78. The smallest absolute Gasteiger partial charge is 0.260 e. The third kappa shape index (κ3) is 2.70. The van der Waals surface area contributed by atoms with E-state index in [1.54, 1.807) is 7.11 Å². The molecule has 0 fully saturated rings. The molecule has 4 N–H and O–H groups in total. The normalized spacial score (nSPS) is 14.0. The standard InChI is InChI=1S/C20H21N3O2S/c1-25-12-9-7-11(8-10-12)15-13-5-3-2-4-6-14(13)23-20-16(15)17(21)18(26-20)19(22)24/h7-10H,2-6,21H2,1H3,(H2,22,24). The third-order valence-corrected chi connectivity index (χ3v) is 6.12. The number of benzene rings is 1. The van der Waals surface area contributed by atoms with Crippen LogP contribution < -0.4 is 16.2 Å². The highest BCUT2D eigenvalue weighted by atomic mass is 32.1. The van der Waals surface area contributed by atoms with E-state index < -0.39 is 5.91 Å². The first-order valence-corrected chi connectivity index (χ1v) is 9.59. The molecule has 1 aromatic carbocycles. The number of carbonyl (C=O) groups is 1. The van der Waals surface area contributed by atoms with Crippen molar-refractivity contribution in [2.24, 2.45) is 5.73 Å². The number of methoxy groups -OCH3 is 1. The Morgan fingerprint density at radius 1 is 1.15 bits per heavy atom. The van der Waals surface area contributed by atoms with Crippen LogP contribution in [0.3, 0.4) is 0 Å². The summed E-state index contributed by atoms with van der Waals surface area (Å²) >= 11 is 1.29. The lowest BCUT2D eigenvalue weighted by molar-refractivity contribution is 0.100. The van der Waals surface area contributed by atoms with E-state index >= 15 is 0 Å². The fourth-order valence-corrected chi connectivity index (χ4v) is 4.72. The number of ether oxygens (including phenoxy) is 1. The highest BCUT2D eigenvalue weighted by Crippen LogP contribution is 2.43. The van der Waals surface area contributed by atoms with Gasteiger partial charge in [-0.1, -0.05) is 18.6 Å². The number of aryl methyl sites for hydroxylation is 1. The number of carbonyl (C=O) groups excluding carboxylic acids is 1. The molecule has 0 unspecified atom stereocenters. The van der Waals surface area contributed by atoms with Gasteiger partial charge in [0.05, 0.1) is 12.8 Å². The molecule has 3 aromatic rings. The van der Waals surface area contributed by atoms with Gasteiger partial charge in [0, 0.05) is 11.1 Å². The van der Waals surface area contributed by atoms with Crippen LogP contribution in [0.1, 0.15) is 40.2 Å². The zero-order chi connectivity index (χ0) is 18.3. The Kier molecular flexibility index (Phi) is 4.28. The van der Waals surface area contributed by atoms with E-state index in [0.29, 0.717) is 10.6 Å². The zero-order valence-electron chi connectivity index (χ0n) is 14.7. The van der Waals surface area contributed by atoms with E-state index in [1.807, 2.05) is 24.3 Å². The maximum absolute atomic E-state index is 11.8. The maximum atomic E-state index is 11.8. The molecule has 0 radical (unpaired) electrons. The summed E-state index contributed by atoms with van der Waals surface area (Å²) < 4.78 is 5.29. The number of thiophene rings is 1. The number of fused-ring (bicyclic) bond motifs is 2. The van der Waals surface area contributed by atoms with E-state index in [0.717, 1.165) is 58.5 Å². The molecule has 2 heterocycles. The predicted molar refractivity (Wildman–Crippen MR) is 106 cm³/mol. The van der Waals surface area contributed by atoms with Crippen molar-refractivity contribution in [3.63, 3.8) is 0 Å². The van der Waals surface area contributed by atoms with Crippen molar-refractivity contribution in [3.05, 3.63) is 40.4 Å². The number of nitrogens with zero attached hydrogens (tertiary/aromatic N) is 1. The van der Waals surface area contributed by atoms with Crippen molar-refractivity contribution >= 4 is 33.1 Å². The van der Waals surface area contributed by atoms with Gasteiger partial charge in [0.2, 0.25) is 0 Å². The molecule has 134 valence electrons. The lowest BCUT2D eigenvalue weighted by atomic mass is 9.92. The molecule has 26 heavy (non-hydrogen) atoms. The highest BCUT2D eigenvalue weighted by Gasteiger charge is 2.24. The number of anilines is 1. The van der Waals surface area contributed by atoms with E-state index in [1.165, 1.54) is 23.3 Å². The van der Waals surface area contributed by atoms with Crippen LogP contribution in [0.15, 0.2) is 24.3 Å². The van der Waals surface area contributed by atoms with Crippen molar-refractivity contribution in [1.82, 2.24) is 4.98 Å². The molecule has 1 aliphatic rings. The van der Waals surface area contributed by atoms with Gasteiger partial charge < -0.3 is 16.2 Å².